The topological polar surface area (TPSA) is 104 Å². The van der Waals surface area contributed by atoms with Gasteiger partial charge >= 0.3 is 6.18 Å². The van der Waals surface area contributed by atoms with E-state index in [0.29, 0.717) is 36.9 Å². The lowest BCUT2D eigenvalue weighted by molar-refractivity contribution is -0.153. The highest BCUT2D eigenvalue weighted by Gasteiger charge is 2.58. The number of alkyl halides is 3. The quantitative estimate of drug-likeness (QED) is 0.170. The Labute approximate surface area is 262 Å². The molecule has 3 heterocycles. The molecule has 1 aromatic heterocycles. The monoisotopic (exact) mass is 635 g/mol. The van der Waals surface area contributed by atoms with Crippen molar-refractivity contribution in [3.63, 3.8) is 0 Å². The Morgan fingerprint density at radius 2 is 1.91 bits per heavy atom. The second-order valence-electron chi connectivity index (χ2n) is 12.7. The Morgan fingerprint density at radius 1 is 1.15 bits per heavy atom. The maximum Gasteiger partial charge on any atom is 0.416 e. The Hall–Kier alpha value is -4.63. The number of pyridine rings is 1. The van der Waals surface area contributed by atoms with Gasteiger partial charge in [-0.25, -0.2) is 13.8 Å². The van der Waals surface area contributed by atoms with Gasteiger partial charge in [-0.1, -0.05) is 25.1 Å². The van der Waals surface area contributed by atoms with Gasteiger partial charge in [-0.3, -0.25) is 14.8 Å². The van der Waals surface area contributed by atoms with Crippen molar-refractivity contribution in [2.45, 2.75) is 57.8 Å². The van der Waals surface area contributed by atoms with Crippen LogP contribution in [0.5, 0.6) is 0 Å². The minimum Gasteiger partial charge on any atom is -0.511 e. The van der Waals surface area contributed by atoms with Crippen LogP contribution in [0.25, 0.3) is 11.1 Å². The van der Waals surface area contributed by atoms with Crippen LogP contribution < -0.4 is 0 Å². The third-order valence-electron chi connectivity index (χ3n) is 9.63. The zero-order valence-electron chi connectivity index (χ0n) is 25.1. The molecule has 7 nitrogen and oxygen atoms in total. The molecule has 12 heteroatoms. The number of halogens is 5. The van der Waals surface area contributed by atoms with Gasteiger partial charge in [-0.05, 0) is 73.4 Å². The number of carbonyl (C=O) groups is 1. The van der Waals surface area contributed by atoms with E-state index in [2.05, 4.69) is 4.98 Å². The molecule has 0 radical (unpaired) electrons. The minimum atomic E-state index is -4.60. The van der Waals surface area contributed by atoms with E-state index in [0.717, 1.165) is 18.2 Å². The number of hydrazine groups is 1. The van der Waals surface area contributed by atoms with Gasteiger partial charge in [0.1, 0.15) is 17.4 Å². The molecule has 2 aromatic carbocycles. The van der Waals surface area contributed by atoms with Crippen molar-refractivity contribution in [2.24, 2.45) is 11.3 Å². The van der Waals surface area contributed by atoms with Crippen LogP contribution in [0.3, 0.4) is 0 Å². The molecule has 3 aliphatic rings. The summed E-state index contributed by atoms with van der Waals surface area (Å²) in [6.07, 6.45) is -0.145. The number of aromatic nitrogens is 1. The highest BCUT2D eigenvalue weighted by Crippen LogP contribution is 2.59. The number of rotatable bonds is 6. The predicted molar refractivity (Wildman–Crippen MR) is 158 cm³/mol. The smallest absolute Gasteiger partial charge is 0.416 e. The standard InChI is InChI=1S/C34H30F5N5O2/c1-32(13-20-7-8-23(34(37,38)39)12-24(20)22-11-19(15-40)16-42-17-22)14-25(32)29(45)27-30(41)33(2)9-4-10-44(33)43(31(27)46)18-21-5-3-6-26(35)28(21)36/h3,5-8,11-12,16-17,25,41,45H,4,9-10,13-14,18H2,1-2H3/t25?,32-,33?/m1/s1. The first-order valence-electron chi connectivity index (χ1n) is 14.8. The van der Waals surface area contributed by atoms with Crippen molar-refractivity contribution in [2.75, 3.05) is 6.54 Å². The summed E-state index contributed by atoms with van der Waals surface area (Å²) < 4.78 is 69.8. The molecular weight excluding hydrogens is 605 g/mol. The summed E-state index contributed by atoms with van der Waals surface area (Å²) in [5, 5.41) is 33.0. The van der Waals surface area contributed by atoms with Crippen molar-refractivity contribution >= 4 is 11.6 Å². The molecule has 1 amide bonds. The highest BCUT2D eigenvalue weighted by atomic mass is 19.4. The number of amides is 1. The summed E-state index contributed by atoms with van der Waals surface area (Å²) in [7, 11) is 0. The van der Waals surface area contributed by atoms with E-state index in [4.69, 9.17) is 5.41 Å². The molecule has 2 saturated heterocycles. The number of benzene rings is 2. The lowest BCUT2D eigenvalue weighted by atomic mass is 9.83. The Morgan fingerprint density at radius 3 is 2.63 bits per heavy atom. The SMILES string of the molecule is CC12CCCN1N(Cc1cccc(F)c1F)C(=O)C(=C(O)C1C[C@@]1(C)Cc1ccc(C(F)(F)F)cc1-c1cncc(C#N)c1)C2=N. The van der Waals surface area contributed by atoms with Gasteiger partial charge in [0.2, 0.25) is 0 Å². The molecule has 3 fully saturated rings. The molecule has 0 bridgehead atoms. The van der Waals surface area contributed by atoms with Crippen molar-refractivity contribution in [1.29, 1.82) is 10.7 Å². The molecular formula is C34H30F5N5O2. The summed E-state index contributed by atoms with van der Waals surface area (Å²) in [5.41, 5.74) is -1.50. The molecule has 238 valence electrons. The van der Waals surface area contributed by atoms with E-state index in [1.807, 2.05) is 13.0 Å². The Bertz CT molecular complexity index is 1850. The van der Waals surface area contributed by atoms with Gasteiger partial charge in [0.05, 0.1) is 28.9 Å². The van der Waals surface area contributed by atoms with E-state index < -0.39 is 46.2 Å². The average molecular weight is 636 g/mol. The van der Waals surface area contributed by atoms with Gasteiger partial charge in [0.15, 0.2) is 11.6 Å². The van der Waals surface area contributed by atoms with Crippen molar-refractivity contribution in [3.8, 4) is 17.2 Å². The van der Waals surface area contributed by atoms with Gasteiger partial charge in [0.25, 0.3) is 5.91 Å². The molecule has 3 aromatic rings. The average Bonchev–Trinajstić information content (AvgIpc) is 3.52. The van der Waals surface area contributed by atoms with Gasteiger partial charge in [-0.15, -0.1) is 0 Å². The number of fused-ring (bicyclic) bond motifs is 1. The normalized spacial score (nSPS) is 25.8. The fourth-order valence-electron chi connectivity index (χ4n) is 6.89. The molecule has 0 spiro atoms. The number of nitrogens with zero attached hydrogens (tertiary/aromatic N) is 4. The van der Waals surface area contributed by atoms with Gasteiger partial charge < -0.3 is 10.5 Å². The number of nitrogens with one attached hydrogen (secondary N) is 1. The van der Waals surface area contributed by atoms with Crippen molar-refractivity contribution in [1.82, 2.24) is 15.0 Å². The van der Waals surface area contributed by atoms with Crippen molar-refractivity contribution < 1.29 is 31.9 Å². The number of hydrogen-bond donors (Lipinski definition) is 2. The largest absolute Gasteiger partial charge is 0.511 e. The Kier molecular flexibility index (Phi) is 7.51. The van der Waals surface area contributed by atoms with Gasteiger partial charge in [-0.2, -0.15) is 18.4 Å². The molecule has 6 rings (SSSR count). The Balaban J connectivity index is 1.35. The van der Waals surface area contributed by atoms with Crippen LogP contribution in [0, 0.1) is 39.7 Å². The first kappa shape index (κ1) is 31.4. The van der Waals surface area contributed by atoms with Crippen molar-refractivity contribution in [3.05, 3.63) is 100 Å². The van der Waals surface area contributed by atoms with Crippen LogP contribution in [-0.4, -0.2) is 43.8 Å². The van der Waals surface area contributed by atoms with E-state index in [9.17, 15) is 37.1 Å². The lowest BCUT2D eigenvalue weighted by Crippen LogP contribution is -2.64. The van der Waals surface area contributed by atoms with Crippen LogP contribution in [0.1, 0.15) is 55.4 Å². The second kappa shape index (κ2) is 11.0. The number of nitriles is 1. The zero-order chi connectivity index (χ0) is 33.2. The lowest BCUT2D eigenvalue weighted by Gasteiger charge is -2.48. The van der Waals surface area contributed by atoms with Crippen LogP contribution in [0.4, 0.5) is 22.0 Å². The summed E-state index contributed by atoms with van der Waals surface area (Å²) in [6, 6.07) is 10.5. The molecule has 46 heavy (non-hydrogen) atoms. The molecule has 1 saturated carbocycles. The predicted octanol–water partition coefficient (Wildman–Crippen LogP) is 7.13. The molecule has 3 atom stereocenters. The number of allylic oxidation sites excluding steroid dienone is 1. The first-order chi connectivity index (χ1) is 21.7. The summed E-state index contributed by atoms with van der Waals surface area (Å²) >= 11 is 0. The fourth-order valence-corrected chi connectivity index (χ4v) is 6.89. The highest BCUT2D eigenvalue weighted by molar-refractivity contribution is 6.25. The number of hydrogen-bond acceptors (Lipinski definition) is 6. The molecule has 2 unspecified atom stereocenters. The second-order valence-corrected chi connectivity index (χ2v) is 12.7. The summed E-state index contributed by atoms with van der Waals surface area (Å²) in [5.74, 6) is -3.71. The van der Waals surface area contributed by atoms with E-state index >= 15 is 0 Å². The number of aliphatic hydroxyl groups is 1. The number of carbonyl (C=O) groups excluding carboxylic acids is 1. The van der Waals surface area contributed by atoms with Crippen LogP contribution in [0.2, 0.25) is 0 Å². The van der Waals surface area contributed by atoms with E-state index in [1.165, 1.54) is 41.7 Å². The van der Waals surface area contributed by atoms with E-state index in [-0.39, 0.29) is 46.7 Å². The third-order valence-corrected chi connectivity index (χ3v) is 9.63. The molecule has 1 aliphatic carbocycles. The number of aliphatic hydroxyl groups excluding tert-OH is 1. The van der Waals surface area contributed by atoms with Crippen LogP contribution in [0.15, 0.2) is 66.2 Å². The molecule has 2 N–H and O–H groups in total. The fraction of sp³-hybridized carbons (Fsp3) is 0.353. The van der Waals surface area contributed by atoms with E-state index in [1.54, 1.807) is 11.9 Å². The van der Waals surface area contributed by atoms with Crippen LogP contribution in [-0.2, 0) is 23.9 Å². The molecule has 2 aliphatic heterocycles. The first-order valence-corrected chi connectivity index (χ1v) is 14.8. The third kappa shape index (κ3) is 5.22. The summed E-state index contributed by atoms with van der Waals surface area (Å²) in [6.45, 7) is 3.74. The maximum atomic E-state index is 14.7. The minimum absolute atomic E-state index is 0.0454. The van der Waals surface area contributed by atoms with Crippen LogP contribution >= 0.6 is 0 Å². The van der Waals surface area contributed by atoms with Gasteiger partial charge in [0, 0.05) is 36.0 Å². The maximum absolute atomic E-state index is 14.7. The summed E-state index contributed by atoms with van der Waals surface area (Å²) in [4.78, 5) is 18.0. The zero-order valence-corrected chi connectivity index (χ0v) is 25.1.